The van der Waals surface area contributed by atoms with E-state index in [0.29, 0.717) is 38.0 Å². The van der Waals surface area contributed by atoms with Crippen LogP contribution < -0.4 is 10.4 Å². The van der Waals surface area contributed by atoms with Crippen LogP contribution in [0.5, 0.6) is 5.88 Å². The summed E-state index contributed by atoms with van der Waals surface area (Å²) in [6.45, 7) is 0.884. The molecule has 0 amide bonds. The van der Waals surface area contributed by atoms with Gasteiger partial charge in [0.05, 0.1) is 16.7 Å². The number of nitrogens with zero attached hydrogens (tertiary/aromatic N) is 6. The first-order valence-corrected chi connectivity index (χ1v) is 9.99. The fraction of sp³-hybridized carbons (Fsp3) is 0.300. The second-order valence-electron chi connectivity index (χ2n) is 7.70. The maximum Gasteiger partial charge on any atom is 0.331 e. The molecule has 10 heteroatoms. The van der Waals surface area contributed by atoms with E-state index >= 15 is 0 Å². The third-order valence-electron chi connectivity index (χ3n) is 5.54. The van der Waals surface area contributed by atoms with Crippen LogP contribution in [0.25, 0.3) is 22.2 Å². The Bertz CT molecular complexity index is 1330. The third kappa shape index (κ3) is 3.11. The summed E-state index contributed by atoms with van der Waals surface area (Å²) in [6, 6.07) is 7.21. The van der Waals surface area contributed by atoms with Gasteiger partial charge in [-0.15, -0.1) is 5.10 Å². The molecule has 0 radical (unpaired) electrons. The molecule has 1 fully saturated rings. The van der Waals surface area contributed by atoms with Crippen LogP contribution in [-0.2, 0) is 20.1 Å². The van der Waals surface area contributed by atoms with Crippen molar-refractivity contribution >= 4 is 22.6 Å². The van der Waals surface area contributed by atoms with E-state index in [1.54, 1.807) is 12.1 Å². The molecule has 30 heavy (non-hydrogen) atoms. The standard InChI is InChI=1S/C20H19ClN6O3/c1-24-17(28)11-25(20(24)29)10-14-5-4-13(9-27(14)30)15-6-7-16-19(18(15)21)22-23-26(16)8-12-2-3-12/h4-7,9,11-12,28H,2-3,8,10H2,1H3. The van der Waals surface area contributed by atoms with Crippen LogP contribution in [0.2, 0.25) is 5.02 Å². The molecule has 4 aromatic rings. The molecule has 0 aliphatic heterocycles. The van der Waals surface area contributed by atoms with E-state index < -0.39 is 5.69 Å². The van der Waals surface area contributed by atoms with Crippen molar-refractivity contribution in [3.05, 3.63) is 63.1 Å². The van der Waals surface area contributed by atoms with Gasteiger partial charge in [0.1, 0.15) is 12.1 Å². The molecule has 0 unspecified atom stereocenters. The Labute approximate surface area is 175 Å². The van der Waals surface area contributed by atoms with Gasteiger partial charge in [0.15, 0.2) is 6.20 Å². The van der Waals surface area contributed by atoms with Crippen molar-refractivity contribution in [3.63, 3.8) is 0 Å². The van der Waals surface area contributed by atoms with E-state index in [9.17, 15) is 15.1 Å². The maximum atomic E-state index is 12.6. The summed E-state index contributed by atoms with van der Waals surface area (Å²) in [5.74, 6) is 0.503. The lowest BCUT2D eigenvalue weighted by atomic mass is 10.1. The molecule has 1 aromatic carbocycles. The van der Waals surface area contributed by atoms with E-state index in [-0.39, 0.29) is 12.4 Å². The Morgan fingerprint density at radius 3 is 2.77 bits per heavy atom. The highest BCUT2D eigenvalue weighted by molar-refractivity contribution is 6.37. The second kappa shape index (κ2) is 6.88. The number of fused-ring (bicyclic) bond motifs is 1. The Balaban J connectivity index is 1.47. The molecule has 0 atom stereocenters. The summed E-state index contributed by atoms with van der Waals surface area (Å²) >= 11 is 6.60. The first-order chi connectivity index (χ1) is 14.4. The highest BCUT2D eigenvalue weighted by Gasteiger charge is 2.24. The molecular weight excluding hydrogens is 408 g/mol. The molecule has 1 aliphatic rings. The maximum absolute atomic E-state index is 12.6. The molecule has 154 valence electrons. The van der Waals surface area contributed by atoms with Crippen molar-refractivity contribution in [3.8, 4) is 17.0 Å². The summed E-state index contributed by atoms with van der Waals surface area (Å²) in [6.07, 6.45) is 5.16. The van der Waals surface area contributed by atoms with Crippen molar-refractivity contribution in [1.29, 1.82) is 0 Å². The lowest BCUT2D eigenvalue weighted by Gasteiger charge is -2.09. The van der Waals surface area contributed by atoms with Gasteiger partial charge in [0, 0.05) is 30.8 Å². The van der Waals surface area contributed by atoms with Crippen molar-refractivity contribution in [1.82, 2.24) is 24.1 Å². The minimum atomic E-state index is -0.403. The Kier molecular flexibility index (Phi) is 4.28. The first kappa shape index (κ1) is 18.7. The van der Waals surface area contributed by atoms with Crippen LogP contribution in [0.1, 0.15) is 18.5 Å². The van der Waals surface area contributed by atoms with Crippen LogP contribution >= 0.6 is 11.6 Å². The van der Waals surface area contributed by atoms with Gasteiger partial charge < -0.3 is 10.3 Å². The third-order valence-corrected chi connectivity index (χ3v) is 5.92. The van der Waals surface area contributed by atoms with Crippen LogP contribution in [0.3, 0.4) is 0 Å². The highest BCUT2D eigenvalue weighted by Crippen LogP contribution is 2.35. The van der Waals surface area contributed by atoms with Gasteiger partial charge in [-0.2, -0.15) is 4.73 Å². The number of aromatic nitrogens is 6. The lowest BCUT2D eigenvalue weighted by Crippen LogP contribution is -2.34. The number of hydrogen-bond donors (Lipinski definition) is 1. The Hall–Kier alpha value is -3.33. The highest BCUT2D eigenvalue weighted by atomic mass is 35.5. The van der Waals surface area contributed by atoms with Crippen molar-refractivity contribution < 1.29 is 9.84 Å². The molecule has 5 rings (SSSR count). The summed E-state index contributed by atoms with van der Waals surface area (Å²) in [5, 5.41) is 31.2. The zero-order valence-corrected chi connectivity index (χ0v) is 17.0. The van der Waals surface area contributed by atoms with E-state index in [4.69, 9.17) is 11.6 Å². The molecule has 0 saturated heterocycles. The molecule has 9 nitrogen and oxygen atoms in total. The van der Waals surface area contributed by atoms with Crippen molar-refractivity contribution in [2.75, 3.05) is 0 Å². The normalized spacial score (nSPS) is 13.9. The SMILES string of the molecule is Cn1c(O)cn(Cc2ccc(-c3ccc4c(nnn4CC4CC4)c3Cl)c[n+]2[O-])c1=O. The Morgan fingerprint density at radius 1 is 1.30 bits per heavy atom. The molecule has 3 heterocycles. The van der Waals surface area contributed by atoms with E-state index in [0.717, 1.165) is 16.6 Å². The smallest absolute Gasteiger partial charge is 0.331 e. The molecular formula is C20H19ClN6O3. The van der Waals surface area contributed by atoms with Gasteiger partial charge >= 0.3 is 5.69 Å². The Morgan fingerprint density at radius 2 is 2.10 bits per heavy atom. The zero-order valence-electron chi connectivity index (χ0n) is 16.2. The fourth-order valence-electron chi connectivity index (χ4n) is 3.56. The monoisotopic (exact) mass is 426 g/mol. The summed E-state index contributed by atoms with van der Waals surface area (Å²) in [4.78, 5) is 12.1. The van der Waals surface area contributed by atoms with Gasteiger partial charge in [-0.1, -0.05) is 22.9 Å². The van der Waals surface area contributed by atoms with E-state index in [1.807, 2.05) is 16.8 Å². The number of hydrogen-bond acceptors (Lipinski definition) is 5. The minimum absolute atomic E-state index is 0.0409. The molecule has 0 bridgehead atoms. The van der Waals surface area contributed by atoms with Crippen LogP contribution in [0.15, 0.2) is 41.5 Å². The molecule has 1 saturated carbocycles. The van der Waals surface area contributed by atoms with Crippen molar-refractivity contribution in [2.24, 2.45) is 13.0 Å². The quantitative estimate of drug-likeness (QED) is 0.388. The lowest BCUT2D eigenvalue weighted by molar-refractivity contribution is -0.613. The second-order valence-corrected chi connectivity index (χ2v) is 8.08. The molecule has 1 aliphatic carbocycles. The number of aromatic hydroxyl groups is 1. The topological polar surface area (TPSA) is 105 Å². The van der Waals surface area contributed by atoms with Gasteiger partial charge in [0.25, 0.3) is 0 Å². The van der Waals surface area contributed by atoms with Crippen LogP contribution in [0, 0.1) is 11.1 Å². The fourth-order valence-corrected chi connectivity index (χ4v) is 3.87. The van der Waals surface area contributed by atoms with E-state index in [1.165, 1.54) is 36.9 Å². The van der Waals surface area contributed by atoms with Crippen LogP contribution in [-0.4, -0.2) is 29.2 Å². The van der Waals surface area contributed by atoms with E-state index in [2.05, 4.69) is 10.3 Å². The minimum Gasteiger partial charge on any atom is -0.618 e. The first-order valence-electron chi connectivity index (χ1n) is 9.61. The van der Waals surface area contributed by atoms with Gasteiger partial charge in [-0.25, -0.2) is 9.48 Å². The average molecular weight is 427 g/mol. The number of benzene rings is 1. The van der Waals surface area contributed by atoms with Crippen molar-refractivity contribution in [2.45, 2.75) is 25.9 Å². The summed E-state index contributed by atoms with van der Waals surface area (Å²) < 4.78 is 4.97. The van der Waals surface area contributed by atoms with Crippen LogP contribution in [0.4, 0.5) is 0 Å². The predicted octanol–water partition coefficient (Wildman–Crippen LogP) is 2.05. The predicted molar refractivity (Wildman–Crippen MR) is 110 cm³/mol. The number of pyridine rings is 1. The van der Waals surface area contributed by atoms with Gasteiger partial charge in [-0.05, 0) is 30.9 Å². The molecule has 3 aromatic heterocycles. The average Bonchev–Trinajstić information content (AvgIpc) is 3.40. The van der Waals surface area contributed by atoms with Gasteiger partial charge in [-0.3, -0.25) is 9.13 Å². The number of rotatable bonds is 5. The number of imidazole rings is 1. The van der Waals surface area contributed by atoms with Gasteiger partial charge in [0.2, 0.25) is 11.6 Å². The largest absolute Gasteiger partial charge is 0.618 e. The summed E-state index contributed by atoms with van der Waals surface area (Å²) in [7, 11) is 1.46. The summed E-state index contributed by atoms with van der Waals surface area (Å²) in [5.41, 5.74) is 2.78. The molecule has 1 N–H and O–H groups in total. The molecule has 0 spiro atoms. The zero-order chi connectivity index (χ0) is 21.0. The number of halogens is 1.